The van der Waals surface area contributed by atoms with Gasteiger partial charge in [-0.2, -0.15) is 0 Å². The number of amides is 1. The van der Waals surface area contributed by atoms with Crippen molar-refractivity contribution in [1.29, 1.82) is 0 Å². The number of benzene rings is 1. The van der Waals surface area contributed by atoms with Crippen LogP contribution in [-0.4, -0.2) is 16.1 Å². The van der Waals surface area contributed by atoms with Crippen LogP contribution >= 0.6 is 11.8 Å². The second-order valence-corrected chi connectivity index (χ2v) is 7.12. The maximum absolute atomic E-state index is 13.1. The molecular weight excluding hydrogens is 323 g/mol. The van der Waals surface area contributed by atoms with Crippen LogP contribution < -0.4 is 5.32 Å². The summed E-state index contributed by atoms with van der Waals surface area (Å²) in [5, 5.41) is 3.54. The van der Waals surface area contributed by atoms with Crippen molar-refractivity contribution in [2.24, 2.45) is 0 Å². The summed E-state index contributed by atoms with van der Waals surface area (Å²) in [6.07, 6.45) is 10.6. The Balaban J connectivity index is 1.65. The summed E-state index contributed by atoms with van der Waals surface area (Å²) in [5.74, 6) is -0.658. The average molecular weight is 342 g/mol. The number of carbonyl (C=O) groups is 1. The van der Waals surface area contributed by atoms with Crippen molar-refractivity contribution in [3.05, 3.63) is 60.2 Å². The highest BCUT2D eigenvalue weighted by Gasteiger charge is 2.17. The van der Waals surface area contributed by atoms with Crippen LogP contribution in [0.1, 0.15) is 31.2 Å². The average Bonchev–Trinajstić information content (AvgIpc) is 3.08. The van der Waals surface area contributed by atoms with Crippen LogP contribution in [0.25, 0.3) is 6.08 Å². The molecule has 2 aromatic rings. The lowest BCUT2D eigenvalue weighted by Gasteiger charge is -2.13. The van der Waals surface area contributed by atoms with Crippen LogP contribution in [-0.2, 0) is 4.79 Å². The standard InChI is InChI=1S/C19H19FN2OS/c20-15-11-14(12-21-13-15)9-10-19(23)22-17-7-3-4-8-18(17)24-16-5-1-2-6-16/h3-4,7-13,16H,1-2,5-6H2,(H,22,23)/b10-9+. The van der Waals surface area contributed by atoms with Crippen LogP contribution in [0.4, 0.5) is 10.1 Å². The molecule has 0 saturated heterocycles. The predicted octanol–water partition coefficient (Wildman–Crippen LogP) is 4.91. The molecular formula is C19H19FN2OS. The van der Waals surface area contributed by atoms with Gasteiger partial charge in [-0.05, 0) is 42.7 Å². The first-order valence-corrected chi connectivity index (χ1v) is 8.94. The Hall–Kier alpha value is -2.14. The van der Waals surface area contributed by atoms with Crippen molar-refractivity contribution in [2.45, 2.75) is 35.8 Å². The van der Waals surface area contributed by atoms with E-state index in [4.69, 9.17) is 0 Å². The molecule has 0 unspecified atom stereocenters. The van der Waals surface area contributed by atoms with Crippen molar-refractivity contribution in [1.82, 2.24) is 4.98 Å². The molecule has 1 aromatic heterocycles. The van der Waals surface area contributed by atoms with Gasteiger partial charge in [0.1, 0.15) is 5.82 Å². The smallest absolute Gasteiger partial charge is 0.248 e. The van der Waals surface area contributed by atoms with Crippen LogP contribution in [0.15, 0.2) is 53.7 Å². The Morgan fingerprint density at radius 1 is 1.25 bits per heavy atom. The minimum absolute atomic E-state index is 0.237. The van der Waals surface area contributed by atoms with Crippen LogP contribution in [0.5, 0.6) is 0 Å². The molecule has 5 heteroatoms. The molecule has 0 atom stereocenters. The lowest BCUT2D eigenvalue weighted by atomic mass is 10.2. The van der Waals surface area contributed by atoms with Crippen molar-refractivity contribution in [3.8, 4) is 0 Å². The Morgan fingerprint density at radius 3 is 2.83 bits per heavy atom. The van der Waals surface area contributed by atoms with Crippen molar-refractivity contribution < 1.29 is 9.18 Å². The van der Waals surface area contributed by atoms with E-state index < -0.39 is 5.82 Å². The van der Waals surface area contributed by atoms with E-state index in [1.165, 1.54) is 44.0 Å². The third kappa shape index (κ3) is 4.68. The first kappa shape index (κ1) is 16.7. The first-order chi connectivity index (χ1) is 11.7. The van der Waals surface area contributed by atoms with E-state index in [0.717, 1.165) is 16.8 Å². The van der Waals surface area contributed by atoms with Gasteiger partial charge in [-0.25, -0.2) is 4.39 Å². The molecule has 1 aromatic carbocycles. The van der Waals surface area contributed by atoms with Gasteiger partial charge in [0.2, 0.25) is 5.91 Å². The number of halogens is 1. The van der Waals surface area contributed by atoms with Crippen molar-refractivity contribution in [2.75, 3.05) is 5.32 Å². The number of pyridine rings is 1. The number of rotatable bonds is 5. The van der Waals surface area contributed by atoms with Crippen molar-refractivity contribution >= 4 is 29.4 Å². The largest absolute Gasteiger partial charge is 0.321 e. The highest BCUT2D eigenvalue weighted by molar-refractivity contribution is 8.00. The highest BCUT2D eigenvalue weighted by Crippen LogP contribution is 2.37. The number of hydrogen-bond acceptors (Lipinski definition) is 3. The number of thioether (sulfide) groups is 1. The third-order valence-electron chi connectivity index (χ3n) is 3.89. The number of hydrogen-bond donors (Lipinski definition) is 1. The molecule has 0 bridgehead atoms. The summed E-state index contributed by atoms with van der Waals surface area (Å²) >= 11 is 1.84. The Kier molecular flexibility index (Phi) is 5.64. The summed E-state index contributed by atoms with van der Waals surface area (Å²) in [5.41, 5.74) is 1.38. The second kappa shape index (κ2) is 8.11. The van der Waals surface area contributed by atoms with E-state index in [9.17, 15) is 9.18 Å². The molecule has 1 aliphatic rings. The fourth-order valence-corrected chi connectivity index (χ4v) is 4.06. The summed E-state index contributed by atoms with van der Waals surface area (Å²) in [7, 11) is 0. The van der Waals surface area contributed by atoms with Gasteiger partial charge in [0.05, 0.1) is 11.9 Å². The zero-order chi connectivity index (χ0) is 16.8. The Labute approximate surface area is 145 Å². The van der Waals surface area contributed by atoms with Gasteiger partial charge in [0.25, 0.3) is 0 Å². The van der Waals surface area contributed by atoms with Gasteiger partial charge in [-0.3, -0.25) is 9.78 Å². The number of nitrogens with one attached hydrogen (secondary N) is 1. The number of anilines is 1. The molecule has 124 valence electrons. The van der Waals surface area contributed by atoms with E-state index in [-0.39, 0.29) is 5.91 Å². The Bertz CT molecular complexity index is 742. The number of carbonyl (C=O) groups excluding carboxylic acids is 1. The maximum Gasteiger partial charge on any atom is 0.248 e. The van der Waals surface area contributed by atoms with Crippen LogP contribution in [0.3, 0.4) is 0 Å². The highest BCUT2D eigenvalue weighted by atomic mass is 32.2. The predicted molar refractivity (Wildman–Crippen MR) is 96.4 cm³/mol. The minimum atomic E-state index is -0.420. The lowest BCUT2D eigenvalue weighted by Crippen LogP contribution is -2.09. The number of aromatic nitrogens is 1. The lowest BCUT2D eigenvalue weighted by molar-refractivity contribution is -0.111. The maximum atomic E-state index is 13.1. The molecule has 1 heterocycles. The molecule has 1 N–H and O–H groups in total. The van der Waals surface area contributed by atoms with Gasteiger partial charge in [0.15, 0.2) is 0 Å². The quantitative estimate of drug-likeness (QED) is 0.785. The normalized spacial score (nSPS) is 15.0. The van der Waals surface area contributed by atoms with Gasteiger partial charge in [-0.1, -0.05) is 25.0 Å². The van der Waals surface area contributed by atoms with Crippen LogP contribution in [0, 0.1) is 5.82 Å². The zero-order valence-corrected chi connectivity index (χ0v) is 14.1. The summed E-state index contributed by atoms with van der Waals surface area (Å²) in [4.78, 5) is 17.0. The zero-order valence-electron chi connectivity index (χ0n) is 13.2. The molecule has 0 aliphatic heterocycles. The molecule has 1 amide bonds. The second-order valence-electron chi connectivity index (χ2n) is 5.78. The summed E-state index contributed by atoms with van der Waals surface area (Å²) in [6.45, 7) is 0. The molecule has 0 spiro atoms. The fraction of sp³-hybridized carbons (Fsp3) is 0.263. The summed E-state index contributed by atoms with van der Waals surface area (Å²) in [6, 6.07) is 9.18. The Morgan fingerprint density at radius 2 is 2.04 bits per heavy atom. The number of nitrogens with zero attached hydrogens (tertiary/aromatic N) is 1. The van der Waals surface area contributed by atoms with E-state index >= 15 is 0 Å². The molecule has 24 heavy (non-hydrogen) atoms. The van der Waals surface area contributed by atoms with Crippen molar-refractivity contribution in [3.63, 3.8) is 0 Å². The van der Waals surface area contributed by atoms with E-state index in [1.54, 1.807) is 6.08 Å². The van der Waals surface area contributed by atoms with E-state index in [1.807, 2.05) is 36.0 Å². The number of para-hydroxylation sites is 1. The first-order valence-electron chi connectivity index (χ1n) is 8.06. The molecule has 3 rings (SSSR count). The fourth-order valence-electron chi connectivity index (χ4n) is 2.72. The van der Waals surface area contributed by atoms with Gasteiger partial charge in [-0.15, -0.1) is 11.8 Å². The molecule has 1 aliphatic carbocycles. The van der Waals surface area contributed by atoms with Gasteiger partial charge in [0, 0.05) is 22.4 Å². The van der Waals surface area contributed by atoms with Gasteiger partial charge < -0.3 is 5.32 Å². The monoisotopic (exact) mass is 342 g/mol. The van der Waals surface area contributed by atoms with Crippen LogP contribution in [0.2, 0.25) is 0 Å². The molecule has 1 saturated carbocycles. The minimum Gasteiger partial charge on any atom is -0.321 e. The molecule has 0 radical (unpaired) electrons. The van der Waals surface area contributed by atoms with E-state index in [0.29, 0.717) is 10.8 Å². The third-order valence-corrected chi connectivity index (χ3v) is 5.31. The molecule has 1 fully saturated rings. The van der Waals surface area contributed by atoms with Gasteiger partial charge >= 0.3 is 0 Å². The summed E-state index contributed by atoms with van der Waals surface area (Å²) < 4.78 is 13.1. The topological polar surface area (TPSA) is 42.0 Å². The SMILES string of the molecule is O=C(/C=C/c1cncc(F)c1)Nc1ccccc1SC1CCCC1. The van der Waals surface area contributed by atoms with E-state index in [2.05, 4.69) is 10.3 Å². The molecule has 3 nitrogen and oxygen atoms in total.